The minimum atomic E-state index is 0.0532. The Labute approximate surface area is 194 Å². The van der Waals surface area contributed by atoms with Crippen molar-refractivity contribution >= 4 is 16.9 Å². The third-order valence-electron chi connectivity index (χ3n) is 6.41. The fraction of sp³-hybridized carbons (Fsp3) is 0.286. The van der Waals surface area contributed by atoms with Gasteiger partial charge in [-0.15, -0.1) is 0 Å². The molecule has 5 nitrogen and oxygen atoms in total. The summed E-state index contributed by atoms with van der Waals surface area (Å²) in [7, 11) is 0. The van der Waals surface area contributed by atoms with Crippen molar-refractivity contribution in [1.29, 1.82) is 0 Å². The zero-order valence-corrected chi connectivity index (χ0v) is 19.0. The normalized spacial score (nSPS) is 14.5. The van der Waals surface area contributed by atoms with E-state index in [0.717, 1.165) is 43.7 Å². The number of aromatic nitrogens is 2. The van der Waals surface area contributed by atoms with E-state index in [4.69, 9.17) is 9.72 Å². The van der Waals surface area contributed by atoms with Crippen LogP contribution in [0.4, 0.5) is 0 Å². The van der Waals surface area contributed by atoms with Crippen LogP contribution in [0.15, 0.2) is 78.9 Å². The Balaban J connectivity index is 1.37. The topological polar surface area (TPSA) is 47.4 Å². The van der Waals surface area contributed by atoms with Crippen LogP contribution in [-0.2, 0) is 6.42 Å². The van der Waals surface area contributed by atoms with Gasteiger partial charge in [-0.1, -0.05) is 54.6 Å². The van der Waals surface area contributed by atoms with E-state index >= 15 is 0 Å². The SMILES string of the molecule is CCOc1ccccc1C(=O)N1CCC(n2c(Cc3ccccc3)nc3ccccc32)CC1. The number of para-hydroxylation sites is 3. The second-order valence-corrected chi connectivity index (χ2v) is 8.50. The molecule has 1 aliphatic heterocycles. The number of amides is 1. The zero-order valence-electron chi connectivity index (χ0n) is 19.0. The fourth-order valence-electron chi connectivity index (χ4n) is 4.83. The van der Waals surface area contributed by atoms with Crippen molar-refractivity contribution in [3.63, 3.8) is 0 Å². The molecule has 168 valence electrons. The van der Waals surface area contributed by atoms with Gasteiger partial charge < -0.3 is 14.2 Å². The van der Waals surface area contributed by atoms with Crippen LogP contribution in [0.3, 0.4) is 0 Å². The highest BCUT2D eigenvalue weighted by molar-refractivity contribution is 5.97. The lowest BCUT2D eigenvalue weighted by Crippen LogP contribution is -2.39. The summed E-state index contributed by atoms with van der Waals surface area (Å²) in [6.07, 6.45) is 2.62. The molecule has 0 atom stereocenters. The Morgan fingerprint density at radius 1 is 0.939 bits per heavy atom. The van der Waals surface area contributed by atoms with E-state index in [2.05, 4.69) is 47.0 Å². The Bertz CT molecular complexity index is 1240. The van der Waals surface area contributed by atoms with Crippen LogP contribution < -0.4 is 4.74 Å². The van der Waals surface area contributed by atoms with Crippen LogP contribution in [0, 0.1) is 0 Å². The Morgan fingerprint density at radius 2 is 1.64 bits per heavy atom. The first-order valence-electron chi connectivity index (χ1n) is 11.8. The van der Waals surface area contributed by atoms with E-state index in [9.17, 15) is 4.79 Å². The molecule has 5 heteroatoms. The average molecular weight is 440 g/mol. The van der Waals surface area contributed by atoms with Crippen molar-refractivity contribution in [2.75, 3.05) is 19.7 Å². The summed E-state index contributed by atoms with van der Waals surface area (Å²) in [6.45, 7) is 3.93. The van der Waals surface area contributed by atoms with Crippen LogP contribution in [0.25, 0.3) is 11.0 Å². The molecular weight excluding hydrogens is 410 g/mol. The average Bonchev–Trinajstić information content (AvgIpc) is 3.22. The highest BCUT2D eigenvalue weighted by atomic mass is 16.5. The second-order valence-electron chi connectivity index (χ2n) is 8.50. The summed E-state index contributed by atoms with van der Waals surface area (Å²) in [6, 6.07) is 26.7. The number of benzene rings is 3. The van der Waals surface area contributed by atoms with Crippen molar-refractivity contribution in [2.45, 2.75) is 32.2 Å². The summed E-state index contributed by atoms with van der Waals surface area (Å²) in [5, 5.41) is 0. The van der Waals surface area contributed by atoms with E-state index in [1.807, 2.05) is 48.2 Å². The first kappa shape index (κ1) is 21.3. The van der Waals surface area contributed by atoms with Gasteiger partial charge in [-0.2, -0.15) is 0 Å². The lowest BCUT2D eigenvalue weighted by atomic mass is 10.0. The molecule has 0 radical (unpaired) electrons. The third kappa shape index (κ3) is 4.36. The van der Waals surface area contributed by atoms with Gasteiger partial charge in [0.2, 0.25) is 0 Å². The maximum absolute atomic E-state index is 13.2. The zero-order chi connectivity index (χ0) is 22.6. The summed E-state index contributed by atoms with van der Waals surface area (Å²) in [4.78, 5) is 20.2. The summed E-state index contributed by atoms with van der Waals surface area (Å²) in [5.41, 5.74) is 4.12. The molecule has 0 bridgehead atoms. The van der Waals surface area contributed by atoms with Gasteiger partial charge in [0.05, 0.1) is 23.2 Å². The molecular formula is C28H29N3O2. The van der Waals surface area contributed by atoms with E-state index in [0.29, 0.717) is 24.0 Å². The largest absolute Gasteiger partial charge is 0.493 e. The molecule has 0 saturated carbocycles. The predicted octanol–water partition coefficient (Wildman–Crippen LogP) is 5.50. The van der Waals surface area contributed by atoms with Gasteiger partial charge in [0.1, 0.15) is 11.6 Å². The third-order valence-corrected chi connectivity index (χ3v) is 6.41. The van der Waals surface area contributed by atoms with Gasteiger partial charge in [-0.3, -0.25) is 4.79 Å². The molecule has 0 spiro atoms. The Morgan fingerprint density at radius 3 is 2.42 bits per heavy atom. The second kappa shape index (κ2) is 9.49. The maximum Gasteiger partial charge on any atom is 0.257 e. The standard InChI is InChI=1S/C28H29N3O2/c1-2-33-26-15-9-6-12-23(26)28(32)30-18-16-22(17-19-30)31-25-14-8-7-13-24(25)29-27(31)20-21-10-4-3-5-11-21/h3-15,22H,2,16-20H2,1H3. The molecule has 1 amide bonds. The minimum absolute atomic E-state index is 0.0532. The summed E-state index contributed by atoms with van der Waals surface area (Å²) >= 11 is 0. The van der Waals surface area contributed by atoms with E-state index in [-0.39, 0.29) is 5.91 Å². The van der Waals surface area contributed by atoms with Crippen LogP contribution in [0.2, 0.25) is 0 Å². The van der Waals surface area contributed by atoms with Crippen molar-refractivity contribution in [3.05, 3.63) is 95.8 Å². The molecule has 1 fully saturated rings. The highest BCUT2D eigenvalue weighted by Gasteiger charge is 2.28. The molecule has 2 heterocycles. The van der Waals surface area contributed by atoms with Crippen molar-refractivity contribution in [3.8, 4) is 5.75 Å². The fourth-order valence-corrected chi connectivity index (χ4v) is 4.83. The number of hydrogen-bond donors (Lipinski definition) is 0. The molecule has 1 saturated heterocycles. The Hall–Kier alpha value is -3.60. The Kier molecular flexibility index (Phi) is 6.11. The van der Waals surface area contributed by atoms with Gasteiger partial charge in [-0.05, 0) is 49.6 Å². The number of imidazole rings is 1. The number of likely N-dealkylation sites (tertiary alicyclic amines) is 1. The first-order chi connectivity index (χ1) is 16.2. The van der Waals surface area contributed by atoms with Crippen LogP contribution in [-0.4, -0.2) is 40.1 Å². The lowest BCUT2D eigenvalue weighted by Gasteiger charge is -2.34. The van der Waals surface area contributed by atoms with E-state index in [1.54, 1.807) is 0 Å². The number of carbonyl (C=O) groups is 1. The van der Waals surface area contributed by atoms with Crippen molar-refractivity contribution in [1.82, 2.24) is 14.5 Å². The van der Waals surface area contributed by atoms with E-state index in [1.165, 1.54) is 11.1 Å². The van der Waals surface area contributed by atoms with Crippen molar-refractivity contribution in [2.24, 2.45) is 0 Å². The van der Waals surface area contributed by atoms with Crippen LogP contribution in [0.5, 0.6) is 5.75 Å². The van der Waals surface area contributed by atoms with Crippen LogP contribution in [0.1, 0.15) is 47.6 Å². The summed E-state index contributed by atoms with van der Waals surface area (Å²) < 4.78 is 8.10. The number of rotatable bonds is 6. The molecule has 5 rings (SSSR count). The molecule has 3 aromatic carbocycles. The molecule has 0 N–H and O–H groups in total. The monoisotopic (exact) mass is 439 g/mol. The molecule has 4 aromatic rings. The van der Waals surface area contributed by atoms with Crippen LogP contribution >= 0.6 is 0 Å². The highest BCUT2D eigenvalue weighted by Crippen LogP contribution is 2.31. The molecule has 0 aliphatic carbocycles. The molecule has 1 aliphatic rings. The number of fused-ring (bicyclic) bond motifs is 1. The van der Waals surface area contributed by atoms with Gasteiger partial charge in [0, 0.05) is 25.6 Å². The number of hydrogen-bond acceptors (Lipinski definition) is 3. The van der Waals surface area contributed by atoms with E-state index < -0.39 is 0 Å². The van der Waals surface area contributed by atoms with Gasteiger partial charge in [-0.25, -0.2) is 4.98 Å². The molecule has 33 heavy (non-hydrogen) atoms. The smallest absolute Gasteiger partial charge is 0.257 e. The summed E-state index contributed by atoms with van der Waals surface area (Å²) in [5.74, 6) is 1.81. The van der Waals surface area contributed by atoms with Crippen molar-refractivity contribution < 1.29 is 9.53 Å². The van der Waals surface area contributed by atoms with Gasteiger partial charge in [0.25, 0.3) is 5.91 Å². The lowest BCUT2D eigenvalue weighted by molar-refractivity contribution is 0.0691. The predicted molar refractivity (Wildman–Crippen MR) is 131 cm³/mol. The number of piperidine rings is 1. The molecule has 0 unspecified atom stereocenters. The number of carbonyl (C=O) groups excluding carboxylic acids is 1. The van der Waals surface area contributed by atoms with Gasteiger partial charge >= 0.3 is 0 Å². The molecule has 1 aromatic heterocycles. The number of ether oxygens (including phenoxy) is 1. The number of nitrogens with zero attached hydrogens (tertiary/aromatic N) is 3. The van der Waals surface area contributed by atoms with Gasteiger partial charge in [0.15, 0.2) is 0 Å². The maximum atomic E-state index is 13.2. The minimum Gasteiger partial charge on any atom is -0.493 e. The quantitative estimate of drug-likeness (QED) is 0.398. The first-order valence-corrected chi connectivity index (χ1v) is 11.8.